The van der Waals surface area contributed by atoms with Crippen LogP contribution in [0.25, 0.3) is 0 Å². The van der Waals surface area contributed by atoms with E-state index in [1.807, 2.05) is 12.1 Å². The quantitative estimate of drug-likeness (QED) is 0.838. The molecule has 0 unspecified atom stereocenters. The number of halogens is 3. The van der Waals surface area contributed by atoms with Crippen molar-refractivity contribution in [3.05, 3.63) is 53.6 Å². The van der Waals surface area contributed by atoms with Crippen molar-refractivity contribution >= 4 is 11.7 Å². The number of hydrogen-bond donors (Lipinski definition) is 2. The van der Waals surface area contributed by atoms with Gasteiger partial charge < -0.3 is 20.1 Å². The summed E-state index contributed by atoms with van der Waals surface area (Å²) in [5.41, 5.74) is -0.927. The van der Waals surface area contributed by atoms with Crippen molar-refractivity contribution in [3.8, 4) is 11.5 Å². The van der Waals surface area contributed by atoms with E-state index in [2.05, 4.69) is 10.6 Å². The Bertz CT molecular complexity index is 879. The molecule has 0 radical (unpaired) electrons. The number of nitrogens with one attached hydrogen (secondary N) is 2. The maximum atomic E-state index is 13.1. The van der Waals surface area contributed by atoms with Crippen LogP contribution in [0.1, 0.15) is 24.0 Å². The van der Waals surface area contributed by atoms with Crippen LogP contribution in [0.2, 0.25) is 0 Å². The average Bonchev–Trinajstić information content (AvgIpc) is 3.41. The van der Waals surface area contributed by atoms with Crippen molar-refractivity contribution in [1.82, 2.24) is 5.32 Å². The van der Waals surface area contributed by atoms with Crippen molar-refractivity contribution < 1.29 is 27.4 Å². The SMILES string of the molecule is O=C(Nc1ccccc1C(F)(F)F)NC1(c2ccc3c(c2)OCCO3)CC1. The minimum atomic E-state index is -4.54. The van der Waals surface area contributed by atoms with Gasteiger partial charge in [-0.3, -0.25) is 0 Å². The molecule has 0 saturated heterocycles. The fraction of sp³-hybridized carbons (Fsp3) is 0.316. The fourth-order valence-electron chi connectivity index (χ4n) is 3.16. The molecule has 2 aromatic rings. The standard InChI is InChI=1S/C19H17F3N2O3/c20-19(21,22)13-3-1-2-4-14(13)23-17(25)24-18(7-8-18)12-5-6-15-16(11-12)27-10-9-26-15/h1-6,11H,7-10H2,(H2,23,24,25). The van der Waals surface area contributed by atoms with Crippen LogP contribution in [0.4, 0.5) is 23.7 Å². The van der Waals surface area contributed by atoms with Crippen LogP contribution in [0.15, 0.2) is 42.5 Å². The molecule has 142 valence electrons. The van der Waals surface area contributed by atoms with E-state index in [1.165, 1.54) is 18.2 Å². The summed E-state index contributed by atoms with van der Waals surface area (Å²) >= 11 is 0. The predicted molar refractivity (Wildman–Crippen MR) is 91.9 cm³/mol. The van der Waals surface area contributed by atoms with Gasteiger partial charge in [0.05, 0.1) is 16.8 Å². The fourth-order valence-corrected chi connectivity index (χ4v) is 3.16. The number of fused-ring (bicyclic) bond motifs is 1. The molecule has 2 amide bonds. The van der Waals surface area contributed by atoms with Crippen LogP contribution in [-0.4, -0.2) is 19.2 Å². The number of rotatable bonds is 3. The molecule has 0 atom stereocenters. The predicted octanol–water partition coefficient (Wildman–Crippen LogP) is 4.29. The molecule has 8 heteroatoms. The molecular weight excluding hydrogens is 361 g/mol. The average molecular weight is 378 g/mol. The molecule has 2 aliphatic rings. The first-order chi connectivity index (χ1) is 12.9. The number of benzene rings is 2. The molecule has 1 fully saturated rings. The first kappa shape index (κ1) is 17.5. The number of amides is 2. The highest BCUT2D eigenvalue weighted by Gasteiger charge is 2.46. The third-order valence-corrected chi connectivity index (χ3v) is 4.68. The van der Waals surface area contributed by atoms with Crippen molar-refractivity contribution in [1.29, 1.82) is 0 Å². The Morgan fingerprint density at radius 3 is 2.41 bits per heavy atom. The summed E-state index contributed by atoms with van der Waals surface area (Å²) in [5, 5.41) is 5.12. The zero-order valence-electron chi connectivity index (χ0n) is 14.2. The summed E-state index contributed by atoms with van der Waals surface area (Å²) in [5.74, 6) is 1.25. The molecule has 0 aromatic heterocycles. The van der Waals surface area contributed by atoms with Crippen LogP contribution >= 0.6 is 0 Å². The van der Waals surface area contributed by atoms with Gasteiger partial charge in [-0.05, 0) is 42.7 Å². The lowest BCUT2D eigenvalue weighted by Crippen LogP contribution is -2.38. The summed E-state index contributed by atoms with van der Waals surface area (Å²) in [6, 6.07) is 9.63. The Morgan fingerprint density at radius 1 is 1.00 bits per heavy atom. The molecule has 1 aliphatic heterocycles. The number of hydrogen-bond acceptors (Lipinski definition) is 3. The maximum absolute atomic E-state index is 13.1. The van der Waals surface area contributed by atoms with E-state index in [0.717, 1.165) is 11.6 Å². The van der Waals surface area contributed by atoms with Crippen molar-refractivity contribution in [2.24, 2.45) is 0 Å². The summed E-state index contributed by atoms with van der Waals surface area (Å²) in [4.78, 5) is 12.4. The third-order valence-electron chi connectivity index (χ3n) is 4.68. The van der Waals surface area contributed by atoms with E-state index in [0.29, 0.717) is 37.6 Å². The molecule has 5 nitrogen and oxygen atoms in total. The highest BCUT2D eigenvalue weighted by molar-refractivity contribution is 5.91. The second-order valence-electron chi connectivity index (χ2n) is 6.56. The van der Waals surface area contributed by atoms with Gasteiger partial charge >= 0.3 is 12.2 Å². The van der Waals surface area contributed by atoms with Gasteiger partial charge in [0.25, 0.3) is 0 Å². The Labute approximate surface area is 153 Å². The van der Waals surface area contributed by atoms with Gasteiger partial charge in [-0.2, -0.15) is 13.2 Å². The van der Waals surface area contributed by atoms with Crippen molar-refractivity contribution in [3.63, 3.8) is 0 Å². The van der Waals surface area contributed by atoms with E-state index in [9.17, 15) is 18.0 Å². The minimum absolute atomic E-state index is 0.277. The molecule has 2 N–H and O–H groups in total. The van der Waals surface area contributed by atoms with E-state index in [-0.39, 0.29) is 5.69 Å². The first-order valence-electron chi connectivity index (χ1n) is 8.53. The van der Waals surface area contributed by atoms with Gasteiger partial charge in [-0.15, -0.1) is 0 Å². The van der Waals surface area contributed by atoms with Crippen molar-refractivity contribution in [2.45, 2.75) is 24.6 Å². The monoisotopic (exact) mass is 378 g/mol. The van der Waals surface area contributed by atoms with Crippen LogP contribution < -0.4 is 20.1 Å². The second kappa shape index (κ2) is 6.37. The van der Waals surface area contributed by atoms with Gasteiger partial charge in [0.15, 0.2) is 11.5 Å². The molecule has 4 rings (SSSR count). The Morgan fingerprint density at radius 2 is 1.70 bits per heavy atom. The zero-order chi connectivity index (χ0) is 19.1. The van der Waals surface area contributed by atoms with Gasteiger partial charge in [-0.25, -0.2) is 4.79 Å². The smallest absolute Gasteiger partial charge is 0.418 e. The summed E-state index contributed by atoms with van der Waals surface area (Å²) in [6.45, 7) is 0.933. The first-order valence-corrected chi connectivity index (χ1v) is 8.53. The van der Waals surface area contributed by atoms with Gasteiger partial charge in [0.2, 0.25) is 0 Å². The Balaban J connectivity index is 1.51. The zero-order valence-corrected chi connectivity index (χ0v) is 14.2. The Hall–Kier alpha value is -2.90. The molecule has 1 heterocycles. The molecule has 2 aromatic carbocycles. The number of ether oxygens (including phenoxy) is 2. The lowest BCUT2D eigenvalue weighted by molar-refractivity contribution is -0.136. The van der Waals surface area contributed by atoms with E-state index in [1.54, 1.807) is 6.07 Å². The topological polar surface area (TPSA) is 59.6 Å². The van der Waals surface area contributed by atoms with Crippen LogP contribution in [0, 0.1) is 0 Å². The van der Waals surface area contributed by atoms with E-state index in [4.69, 9.17) is 9.47 Å². The summed E-state index contributed by atoms with van der Waals surface area (Å²) in [7, 11) is 0. The number of anilines is 1. The van der Waals surface area contributed by atoms with Crippen LogP contribution in [0.3, 0.4) is 0 Å². The summed E-state index contributed by atoms with van der Waals surface area (Å²) in [6.07, 6.45) is -3.15. The maximum Gasteiger partial charge on any atom is 0.418 e. The largest absolute Gasteiger partial charge is 0.486 e. The van der Waals surface area contributed by atoms with Gasteiger partial charge in [0, 0.05) is 0 Å². The van der Waals surface area contributed by atoms with E-state index >= 15 is 0 Å². The second-order valence-corrected chi connectivity index (χ2v) is 6.56. The van der Waals surface area contributed by atoms with Gasteiger partial charge in [0.1, 0.15) is 13.2 Å². The number of carbonyl (C=O) groups excluding carboxylic acids is 1. The normalized spacial score (nSPS) is 17.1. The highest BCUT2D eigenvalue weighted by atomic mass is 19.4. The minimum Gasteiger partial charge on any atom is -0.486 e. The third kappa shape index (κ3) is 3.51. The summed E-state index contributed by atoms with van der Waals surface area (Å²) < 4.78 is 50.3. The number of para-hydroxylation sites is 1. The van der Waals surface area contributed by atoms with E-state index < -0.39 is 23.3 Å². The Kier molecular flexibility index (Phi) is 4.13. The van der Waals surface area contributed by atoms with Crippen LogP contribution in [0.5, 0.6) is 11.5 Å². The highest BCUT2D eigenvalue weighted by Crippen LogP contribution is 2.48. The number of alkyl halides is 3. The molecular formula is C19H17F3N2O3. The lowest BCUT2D eigenvalue weighted by atomic mass is 10.0. The van der Waals surface area contributed by atoms with Crippen LogP contribution in [-0.2, 0) is 11.7 Å². The number of carbonyl (C=O) groups is 1. The molecule has 1 saturated carbocycles. The molecule has 0 spiro atoms. The lowest BCUT2D eigenvalue weighted by Gasteiger charge is -2.23. The molecule has 27 heavy (non-hydrogen) atoms. The molecule has 0 bridgehead atoms. The number of urea groups is 1. The van der Waals surface area contributed by atoms with Gasteiger partial charge in [-0.1, -0.05) is 18.2 Å². The molecule has 1 aliphatic carbocycles. The van der Waals surface area contributed by atoms with Crippen molar-refractivity contribution in [2.75, 3.05) is 18.5 Å².